The van der Waals surface area contributed by atoms with Crippen molar-refractivity contribution in [3.05, 3.63) is 72.3 Å². The fourth-order valence-corrected chi connectivity index (χ4v) is 3.60. The minimum Gasteiger partial charge on any atom is -0.463 e. The van der Waals surface area contributed by atoms with Crippen LogP contribution in [-0.2, 0) is 25.7 Å². The molecule has 31 heavy (non-hydrogen) atoms. The van der Waals surface area contributed by atoms with Crippen LogP contribution < -0.4 is 4.74 Å². The van der Waals surface area contributed by atoms with Gasteiger partial charge in [-0.3, -0.25) is 4.79 Å². The Bertz CT molecular complexity index is 916. The molecule has 1 saturated carbocycles. The molecule has 2 unspecified atom stereocenters. The van der Waals surface area contributed by atoms with E-state index in [0.29, 0.717) is 12.4 Å². The smallest absolute Gasteiger partial charge is 0.330 e. The third kappa shape index (κ3) is 6.20. The van der Waals surface area contributed by atoms with E-state index in [2.05, 4.69) is 0 Å². The summed E-state index contributed by atoms with van der Waals surface area (Å²) in [5.41, 5.74) is 0.613. The van der Waals surface area contributed by atoms with Gasteiger partial charge in [0.2, 0.25) is 0 Å². The van der Waals surface area contributed by atoms with Crippen LogP contribution in [0.25, 0.3) is 0 Å². The van der Waals surface area contributed by atoms with Crippen LogP contribution in [-0.4, -0.2) is 18.5 Å². The van der Waals surface area contributed by atoms with Crippen molar-refractivity contribution in [2.75, 3.05) is 6.61 Å². The van der Waals surface area contributed by atoms with E-state index in [-0.39, 0.29) is 35.8 Å². The SMILES string of the molecule is CCCCOC(=O)C=CC1C(C(=O)OCc2cccc(Oc3ccccc3)c2)C1(C)C. The summed E-state index contributed by atoms with van der Waals surface area (Å²) in [6.45, 7) is 6.65. The summed E-state index contributed by atoms with van der Waals surface area (Å²) < 4.78 is 16.5. The summed E-state index contributed by atoms with van der Waals surface area (Å²) >= 11 is 0. The van der Waals surface area contributed by atoms with Gasteiger partial charge in [0, 0.05) is 6.08 Å². The number of carbonyl (C=O) groups excluding carboxylic acids is 2. The summed E-state index contributed by atoms with van der Waals surface area (Å²) in [5.74, 6) is 0.516. The lowest BCUT2D eigenvalue weighted by molar-refractivity contribution is -0.147. The number of benzene rings is 2. The molecule has 0 radical (unpaired) electrons. The van der Waals surface area contributed by atoms with Gasteiger partial charge in [-0.1, -0.05) is 63.6 Å². The molecule has 0 saturated heterocycles. The summed E-state index contributed by atoms with van der Waals surface area (Å²) in [6, 6.07) is 17.0. The molecule has 2 atom stereocenters. The van der Waals surface area contributed by atoms with Crippen LogP contribution in [0.15, 0.2) is 66.7 Å². The fourth-order valence-electron chi connectivity index (χ4n) is 3.60. The summed E-state index contributed by atoms with van der Waals surface area (Å²) in [6.07, 6.45) is 5.02. The van der Waals surface area contributed by atoms with E-state index in [1.165, 1.54) is 6.08 Å². The number of hydrogen-bond donors (Lipinski definition) is 0. The van der Waals surface area contributed by atoms with Gasteiger partial charge < -0.3 is 14.2 Å². The van der Waals surface area contributed by atoms with Gasteiger partial charge in [-0.25, -0.2) is 4.79 Å². The molecule has 1 aliphatic rings. The summed E-state index contributed by atoms with van der Waals surface area (Å²) in [4.78, 5) is 24.4. The molecular formula is C26H30O5. The van der Waals surface area contributed by atoms with E-state index in [9.17, 15) is 9.59 Å². The quantitative estimate of drug-likeness (QED) is 0.279. The third-order valence-electron chi connectivity index (χ3n) is 5.60. The number of carbonyl (C=O) groups is 2. The molecule has 5 nitrogen and oxygen atoms in total. The lowest BCUT2D eigenvalue weighted by atomic mass is 10.1. The van der Waals surface area contributed by atoms with Crippen LogP contribution in [0, 0.1) is 17.3 Å². The van der Waals surface area contributed by atoms with Crippen LogP contribution in [0.1, 0.15) is 39.2 Å². The van der Waals surface area contributed by atoms with Gasteiger partial charge in [0.15, 0.2) is 0 Å². The Morgan fingerprint density at radius 2 is 1.74 bits per heavy atom. The lowest BCUT2D eigenvalue weighted by Crippen LogP contribution is -2.10. The molecule has 0 aliphatic heterocycles. The minimum absolute atomic E-state index is 0.0357. The Hall–Kier alpha value is -3.08. The number of unbranched alkanes of at least 4 members (excludes halogenated alkanes) is 1. The van der Waals surface area contributed by atoms with Crippen molar-refractivity contribution in [1.82, 2.24) is 0 Å². The van der Waals surface area contributed by atoms with E-state index in [1.54, 1.807) is 6.08 Å². The number of esters is 2. The third-order valence-corrected chi connectivity index (χ3v) is 5.60. The zero-order chi connectivity index (χ0) is 22.3. The zero-order valence-electron chi connectivity index (χ0n) is 18.4. The van der Waals surface area contributed by atoms with Gasteiger partial charge >= 0.3 is 11.9 Å². The summed E-state index contributed by atoms with van der Waals surface area (Å²) in [5, 5.41) is 0. The number of para-hydroxylation sites is 1. The van der Waals surface area contributed by atoms with Crippen LogP contribution >= 0.6 is 0 Å². The van der Waals surface area contributed by atoms with Crippen molar-refractivity contribution in [3.8, 4) is 11.5 Å². The van der Waals surface area contributed by atoms with Crippen molar-refractivity contribution in [1.29, 1.82) is 0 Å². The average Bonchev–Trinajstić information content (AvgIpc) is 3.32. The van der Waals surface area contributed by atoms with Gasteiger partial charge in [-0.15, -0.1) is 0 Å². The lowest BCUT2D eigenvalue weighted by Gasteiger charge is -2.09. The molecule has 0 heterocycles. The first kappa shape index (κ1) is 22.6. The van der Waals surface area contributed by atoms with Crippen molar-refractivity contribution >= 4 is 11.9 Å². The highest BCUT2D eigenvalue weighted by Crippen LogP contribution is 2.59. The Balaban J connectivity index is 1.51. The monoisotopic (exact) mass is 422 g/mol. The van der Waals surface area contributed by atoms with E-state index < -0.39 is 0 Å². The van der Waals surface area contributed by atoms with Gasteiger partial charge in [-0.2, -0.15) is 0 Å². The minimum atomic E-state index is -0.363. The highest BCUT2D eigenvalue weighted by atomic mass is 16.5. The Kier molecular flexibility index (Phi) is 7.50. The maximum Gasteiger partial charge on any atom is 0.330 e. The summed E-state index contributed by atoms with van der Waals surface area (Å²) in [7, 11) is 0. The van der Waals surface area contributed by atoms with Gasteiger partial charge in [0.1, 0.15) is 18.1 Å². The first-order valence-corrected chi connectivity index (χ1v) is 10.7. The second-order valence-corrected chi connectivity index (χ2v) is 8.38. The zero-order valence-corrected chi connectivity index (χ0v) is 18.4. The molecule has 2 aromatic rings. The van der Waals surface area contributed by atoms with Crippen LogP contribution in [0.4, 0.5) is 0 Å². The Morgan fingerprint density at radius 1 is 1.00 bits per heavy atom. The van der Waals surface area contributed by atoms with E-state index in [0.717, 1.165) is 24.2 Å². The molecule has 0 N–H and O–H groups in total. The number of allylic oxidation sites excluding steroid dienone is 1. The van der Waals surface area contributed by atoms with Crippen LogP contribution in [0.5, 0.6) is 11.5 Å². The van der Waals surface area contributed by atoms with Crippen molar-refractivity contribution < 1.29 is 23.8 Å². The number of rotatable bonds is 10. The van der Waals surface area contributed by atoms with Crippen molar-refractivity contribution in [3.63, 3.8) is 0 Å². The first-order valence-electron chi connectivity index (χ1n) is 10.7. The van der Waals surface area contributed by atoms with E-state index in [4.69, 9.17) is 14.2 Å². The maximum atomic E-state index is 12.6. The molecule has 5 heteroatoms. The van der Waals surface area contributed by atoms with Crippen molar-refractivity contribution in [2.45, 2.75) is 40.2 Å². The Labute approximate surface area is 184 Å². The molecule has 1 aliphatic carbocycles. The second-order valence-electron chi connectivity index (χ2n) is 8.38. The molecular weight excluding hydrogens is 392 g/mol. The topological polar surface area (TPSA) is 61.8 Å². The van der Waals surface area contributed by atoms with Gasteiger partial charge in [-0.05, 0) is 47.6 Å². The fraction of sp³-hybridized carbons (Fsp3) is 0.385. The van der Waals surface area contributed by atoms with Crippen LogP contribution in [0.2, 0.25) is 0 Å². The largest absolute Gasteiger partial charge is 0.463 e. The molecule has 1 fully saturated rings. The van der Waals surface area contributed by atoms with Crippen LogP contribution in [0.3, 0.4) is 0 Å². The van der Waals surface area contributed by atoms with Gasteiger partial charge in [0.25, 0.3) is 0 Å². The number of ether oxygens (including phenoxy) is 3. The predicted molar refractivity (Wildman–Crippen MR) is 119 cm³/mol. The van der Waals surface area contributed by atoms with E-state index in [1.807, 2.05) is 75.4 Å². The van der Waals surface area contributed by atoms with Gasteiger partial charge in [0.05, 0.1) is 12.5 Å². The predicted octanol–water partition coefficient (Wildman–Crippen LogP) is 5.69. The molecule has 2 aromatic carbocycles. The molecule has 3 rings (SSSR count). The molecule has 0 bridgehead atoms. The first-order chi connectivity index (χ1) is 14.9. The molecule has 0 amide bonds. The standard InChI is InChI=1S/C26H30O5/c1-4-5-16-29-23(27)15-14-22-24(26(22,2)3)25(28)30-18-19-10-9-13-21(17-19)31-20-11-7-6-8-12-20/h6-15,17,22,24H,4-5,16,18H2,1-3H3. The molecule has 164 valence electrons. The number of hydrogen-bond acceptors (Lipinski definition) is 5. The highest BCUT2D eigenvalue weighted by molar-refractivity contribution is 5.83. The maximum absolute atomic E-state index is 12.6. The molecule has 0 spiro atoms. The second kappa shape index (κ2) is 10.3. The highest BCUT2D eigenvalue weighted by Gasteiger charge is 2.61. The van der Waals surface area contributed by atoms with E-state index >= 15 is 0 Å². The molecule has 0 aromatic heterocycles. The Morgan fingerprint density at radius 3 is 2.48 bits per heavy atom. The average molecular weight is 423 g/mol. The van der Waals surface area contributed by atoms with Crippen molar-refractivity contribution in [2.24, 2.45) is 17.3 Å². The normalized spacial score (nSPS) is 19.1.